The zero-order chi connectivity index (χ0) is 23.3. The third-order valence-electron chi connectivity index (χ3n) is 6.26. The Morgan fingerprint density at radius 2 is 1.73 bits per heavy atom. The molecule has 33 heavy (non-hydrogen) atoms. The summed E-state index contributed by atoms with van der Waals surface area (Å²) in [4.78, 5) is 15.2. The summed E-state index contributed by atoms with van der Waals surface area (Å²) in [5, 5.41) is 0.481. The summed E-state index contributed by atoms with van der Waals surface area (Å²) in [6, 6.07) is 15.6. The fourth-order valence-electron chi connectivity index (χ4n) is 4.44. The highest BCUT2D eigenvalue weighted by Gasteiger charge is 2.43. The number of carbonyl (C=O) groups is 1. The van der Waals surface area contributed by atoms with Crippen LogP contribution in [-0.4, -0.2) is 69.5 Å². The SMILES string of the molecule is O=C(CC1(COc2ccccc2)CCCN(S(=O)(=O)c2ccc(Cl)cc2)C1)N1CCOCC1. The lowest BCUT2D eigenvalue weighted by Crippen LogP contribution is -2.51. The average molecular weight is 493 g/mol. The number of benzene rings is 2. The highest BCUT2D eigenvalue weighted by molar-refractivity contribution is 7.89. The first-order valence-corrected chi connectivity index (χ1v) is 13.0. The number of carbonyl (C=O) groups excluding carboxylic acids is 1. The van der Waals surface area contributed by atoms with Gasteiger partial charge in [0.1, 0.15) is 5.75 Å². The Morgan fingerprint density at radius 3 is 2.42 bits per heavy atom. The highest BCUT2D eigenvalue weighted by atomic mass is 35.5. The fraction of sp³-hybridized carbons (Fsp3) is 0.458. The van der Waals surface area contributed by atoms with E-state index in [1.54, 1.807) is 17.0 Å². The number of ether oxygens (including phenoxy) is 2. The van der Waals surface area contributed by atoms with Gasteiger partial charge in [0.25, 0.3) is 0 Å². The van der Waals surface area contributed by atoms with Gasteiger partial charge in [-0.05, 0) is 49.2 Å². The van der Waals surface area contributed by atoms with Gasteiger partial charge < -0.3 is 14.4 Å². The number of hydrogen-bond donors (Lipinski definition) is 0. The molecule has 178 valence electrons. The molecule has 0 bridgehead atoms. The summed E-state index contributed by atoms with van der Waals surface area (Å²) in [5.41, 5.74) is -0.622. The van der Waals surface area contributed by atoms with Gasteiger partial charge in [-0.2, -0.15) is 4.31 Å². The summed E-state index contributed by atoms with van der Waals surface area (Å²) in [7, 11) is -3.72. The molecular weight excluding hydrogens is 464 g/mol. The summed E-state index contributed by atoms with van der Waals surface area (Å²) < 4.78 is 39.7. The Labute approximate surface area is 200 Å². The van der Waals surface area contributed by atoms with Crippen LogP contribution in [0.15, 0.2) is 59.5 Å². The number of hydrogen-bond acceptors (Lipinski definition) is 5. The third kappa shape index (κ3) is 5.87. The molecule has 0 spiro atoms. The zero-order valence-electron chi connectivity index (χ0n) is 18.5. The minimum atomic E-state index is -3.72. The van der Waals surface area contributed by atoms with Gasteiger partial charge in [-0.25, -0.2) is 8.42 Å². The van der Waals surface area contributed by atoms with Crippen molar-refractivity contribution < 1.29 is 22.7 Å². The summed E-state index contributed by atoms with van der Waals surface area (Å²) >= 11 is 5.95. The normalized spacial score (nSPS) is 22.2. The summed E-state index contributed by atoms with van der Waals surface area (Å²) in [5.74, 6) is 0.717. The molecule has 2 aromatic carbocycles. The molecule has 2 aliphatic heterocycles. The second-order valence-electron chi connectivity index (χ2n) is 8.67. The molecule has 2 saturated heterocycles. The topological polar surface area (TPSA) is 76.2 Å². The lowest BCUT2D eigenvalue weighted by molar-refractivity contribution is -0.139. The van der Waals surface area contributed by atoms with Gasteiger partial charge in [0.15, 0.2) is 0 Å². The standard InChI is InChI=1S/C24H29ClN2O5S/c25-20-7-9-22(10-8-20)33(29,30)27-12-4-11-24(18-27,19-32-21-5-2-1-3-6-21)17-23(28)26-13-15-31-16-14-26/h1-3,5-10H,4,11-19H2. The first-order chi connectivity index (χ1) is 15.9. The van der Waals surface area contributed by atoms with E-state index < -0.39 is 15.4 Å². The predicted molar refractivity (Wildman–Crippen MR) is 126 cm³/mol. The fourth-order valence-corrected chi connectivity index (χ4v) is 6.15. The van der Waals surface area contributed by atoms with E-state index in [0.29, 0.717) is 56.5 Å². The molecule has 1 unspecified atom stereocenters. The molecule has 4 rings (SSSR count). The minimum absolute atomic E-state index is 0.0145. The Hall–Kier alpha value is -2.13. The van der Waals surface area contributed by atoms with Gasteiger partial charge in [0.2, 0.25) is 15.9 Å². The lowest BCUT2D eigenvalue weighted by Gasteiger charge is -2.42. The van der Waals surface area contributed by atoms with Crippen molar-refractivity contribution in [2.45, 2.75) is 24.2 Å². The minimum Gasteiger partial charge on any atom is -0.493 e. The largest absolute Gasteiger partial charge is 0.493 e. The number of amides is 1. The molecule has 1 atom stereocenters. The lowest BCUT2D eigenvalue weighted by atomic mass is 9.78. The van der Waals surface area contributed by atoms with Crippen LogP contribution >= 0.6 is 11.6 Å². The Kier molecular flexibility index (Phi) is 7.58. The van der Waals surface area contributed by atoms with Crippen LogP contribution in [0.3, 0.4) is 0 Å². The van der Waals surface area contributed by atoms with Gasteiger partial charge in [0.05, 0.1) is 24.7 Å². The van der Waals surface area contributed by atoms with Crippen LogP contribution in [0.5, 0.6) is 5.75 Å². The van der Waals surface area contributed by atoms with Crippen molar-refractivity contribution in [1.29, 1.82) is 0 Å². The van der Waals surface area contributed by atoms with E-state index in [1.165, 1.54) is 16.4 Å². The number of sulfonamides is 1. The third-order valence-corrected chi connectivity index (χ3v) is 8.37. The van der Waals surface area contributed by atoms with Gasteiger partial charge in [-0.1, -0.05) is 29.8 Å². The Morgan fingerprint density at radius 1 is 1.03 bits per heavy atom. The Balaban J connectivity index is 1.57. The van der Waals surface area contributed by atoms with Crippen molar-refractivity contribution in [3.63, 3.8) is 0 Å². The van der Waals surface area contributed by atoms with E-state index in [1.807, 2.05) is 30.3 Å². The van der Waals surface area contributed by atoms with Crippen LogP contribution in [-0.2, 0) is 19.6 Å². The van der Waals surface area contributed by atoms with Crippen molar-refractivity contribution in [2.24, 2.45) is 5.41 Å². The summed E-state index contributed by atoms with van der Waals surface area (Å²) in [6.07, 6.45) is 1.59. The molecule has 2 aliphatic rings. The van der Waals surface area contributed by atoms with E-state index in [2.05, 4.69) is 0 Å². The molecule has 0 aromatic heterocycles. The van der Waals surface area contributed by atoms with E-state index in [-0.39, 0.29) is 30.4 Å². The smallest absolute Gasteiger partial charge is 0.243 e. The predicted octanol–water partition coefficient (Wildman–Crippen LogP) is 3.44. The highest BCUT2D eigenvalue weighted by Crippen LogP contribution is 2.37. The van der Waals surface area contributed by atoms with Crippen LogP contribution in [0.4, 0.5) is 0 Å². The molecule has 0 aliphatic carbocycles. The van der Waals surface area contributed by atoms with E-state index in [0.717, 1.165) is 0 Å². The number of para-hydroxylation sites is 1. The average Bonchev–Trinajstić information content (AvgIpc) is 2.84. The molecule has 7 nitrogen and oxygen atoms in total. The molecular formula is C24H29ClN2O5S. The van der Waals surface area contributed by atoms with E-state index in [4.69, 9.17) is 21.1 Å². The van der Waals surface area contributed by atoms with Crippen molar-refractivity contribution >= 4 is 27.5 Å². The maximum Gasteiger partial charge on any atom is 0.243 e. The van der Waals surface area contributed by atoms with E-state index >= 15 is 0 Å². The van der Waals surface area contributed by atoms with Crippen LogP contribution in [0.25, 0.3) is 0 Å². The van der Waals surface area contributed by atoms with Crippen LogP contribution < -0.4 is 4.74 Å². The molecule has 1 amide bonds. The molecule has 2 heterocycles. The van der Waals surface area contributed by atoms with Gasteiger partial charge in [-0.3, -0.25) is 4.79 Å². The second-order valence-corrected chi connectivity index (χ2v) is 11.0. The molecule has 2 aromatic rings. The van der Waals surface area contributed by atoms with Gasteiger partial charge >= 0.3 is 0 Å². The van der Waals surface area contributed by atoms with Crippen molar-refractivity contribution in [1.82, 2.24) is 9.21 Å². The molecule has 0 N–H and O–H groups in total. The zero-order valence-corrected chi connectivity index (χ0v) is 20.1. The second kappa shape index (κ2) is 10.4. The van der Waals surface area contributed by atoms with Crippen LogP contribution in [0, 0.1) is 5.41 Å². The number of rotatable bonds is 7. The first kappa shape index (κ1) is 24.0. The number of morpholine rings is 1. The first-order valence-electron chi connectivity index (χ1n) is 11.2. The van der Waals surface area contributed by atoms with E-state index in [9.17, 15) is 13.2 Å². The molecule has 0 saturated carbocycles. The van der Waals surface area contributed by atoms with Gasteiger partial charge in [-0.15, -0.1) is 0 Å². The molecule has 0 radical (unpaired) electrons. The quantitative estimate of drug-likeness (QED) is 0.591. The van der Waals surface area contributed by atoms with Crippen LogP contribution in [0.1, 0.15) is 19.3 Å². The monoisotopic (exact) mass is 492 g/mol. The van der Waals surface area contributed by atoms with Crippen molar-refractivity contribution in [3.8, 4) is 5.75 Å². The maximum atomic E-state index is 13.4. The molecule has 9 heteroatoms. The number of halogens is 1. The summed E-state index contributed by atoms with van der Waals surface area (Å²) in [6.45, 7) is 3.06. The Bertz CT molecular complexity index is 1040. The van der Waals surface area contributed by atoms with Crippen molar-refractivity contribution in [2.75, 3.05) is 46.0 Å². The number of nitrogens with zero attached hydrogens (tertiary/aromatic N) is 2. The van der Waals surface area contributed by atoms with Gasteiger partial charge in [0, 0.05) is 43.0 Å². The van der Waals surface area contributed by atoms with Crippen molar-refractivity contribution in [3.05, 3.63) is 59.6 Å². The van der Waals surface area contributed by atoms with Crippen LogP contribution in [0.2, 0.25) is 5.02 Å². The number of piperidine rings is 1. The molecule has 2 fully saturated rings. The maximum absolute atomic E-state index is 13.4.